The van der Waals surface area contributed by atoms with Gasteiger partial charge in [-0.25, -0.2) is 32.2 Å². The maximum Gasteiger partial charge on any atom is 0.267 e. The molecule has 0 spiro atoms. The molecule has 0 aliphatic heterocycles. The van der Waals surface area contributed by atoms with Gasteiger partial charge in [0.05, 0.1) is 48.2 Å². The predicted molar refractivity (Wildman–Crippen MR) is 133 cm³/mol. The third-order valence-electron chi connectivity index (χ3n) is 5.25. The van der Waals surface area contributed by atoms with Crippen LogP contribution in [0.5, 0.6) is 5.88 Å². The van der Waals surface area contributed by atoms with Gasteiger partial charge in [0.15, 0.2) is 10.7 Å². The number of halogens is 3. The molecule has 37 heavy (non-hydrogen) atoms. The lowest BCUT2D eigenvalue weighted by molar-refractivity contribution is 0.203. The van der Waals surface area contributed by atoms with Crippen LogP contribution in [0.1, 0.15) is 0 Å². The number of ether oxygens (including phenoxy) is 1. The molecule has 194 valence electrons. The van der Waals surface area contributed by atoms with Gasteiger partial charge in [-0.1, -0.05) is 17.7 Å². The fourth-order valence-corrected chi connectivity index (χ4v) is 4.87. The van der Waals surface area contributed by atoms with Crippen LogP contribution in [0.2, 0.25) is 5.02 Å². The topological polar surface area (TPSA) is 147 Å². The first-order valence-corrected chi connectivity index (χ1v) is 12.5. The van der Waals surface area contributed by atoms with Crippen LogP contribution in [-0.4, -0.2) is 59.9 Å². The average Bonchev–Trinajstić information content (AvgIpc) is 2.89. The average molecular weight is 552 g/mol. The van der Waals surface area contributed by atoms with Crippen LogP contribution in [0.4, 0.5) is 20.4 Å². The Kier molecular flexibility index (Phi) is 7.68. The highest BCUT2D eigenvalue weighted by atomic mass is 35.5. The van der Waals surface area contributed by atoms with Gasteiger partial charge in [-0.15, -0.1) is 0 Å². The molecular weight excluding hydrogens is 532 g/mol. The van der Waals surface area contributed by atoms with Crippen molar-refractivity contribution < 1.29 is 32.1 Å². The number of rotatable bonds is 9. The summed E-state index contributed by atoms with van der Waals surface area (Å²) in [4.78, 5) is 11.7. The highest BCUT2D eigenvalue weighted by Crippen LogP contribution is 2.34. The number of hydrogen-bond donors (Lipinski definition) is 4. The Bertz CT molecular complexity index is 1570. The molecule has 4 N–H and O–H groups in total. The van der Waals surface area contributed by atoms with E-state index in [4.69, 9.17) is 16.3 Å². The lowest BCUT2D eigenvalue weighted by Crippen LogP contribution is -2.28. The first-order chi connectivity index (χ1) is 17.7. The number of aliphatic hydroxyl groups is 2. The summed E-state index contributed by atoms with van der Waals surface area (Å²) in [5.41, 5.74) is -0.443. The number of benzene rings is 2. The van der Waals surface area contributed by atoms with Crippen LogP contribution in [0.15, 0.2) is 53.7 Å². The van der Waals surface area contributed by atoms with Gasteiger partial charge in [0.25, 0.3) is 10.0 Å². The standard InChI is InChI=1S/C23H20ClF2N5O5S/c1-36-22-19(7-14(24)9-27-22)37(34,35)31-18-5-3-16(25)20(21(18)26)12-2-4-17-13(6-12)8-28-23(30-17)29-15(10-32)11-33/h2-9,15,31-33H,10-11H2,1H3,(H,28,29,30). The Morgan fingerprint density at radius 1 is 1.08 bits per heavy atom. The molecule has 10 nitrogen and oxygen atoms in total. The van der Waals surface area contributed by atoms with Crippen molar-refractivity contribution >= 4 is 44.2 Å². The van der Waals surface area contributed by atoms with E-state index >= 15 is 4.39 Å². The molecule has 2 heterocycles. The molecule has 0 atom stereocenters. The molecule has 0 unspecified atom stereocenters. The Balaban J connectivity index is 1.71. The van der Waals surface area contributed by atoms with E-state index in [1.165, 1.54) is 37.7 Å². The summed E-state index contributed by atoms with van der Waals surface area (Å²) in [6.07, 6.45) is 2.59. The van der Waals surface area contributed by atoms with E-state index in [2.05, 4.69) is 25.0 Å². The van der Waals surface area contributed by atoms with E-state index in [1.54, 1.807) is 0 Å². The number of pyridine rings is 1. The van der Waals surface area contributed by atoms with Crippen molar-refractivity contribution in [3.63, 3.8) is 0 Å². The molecule has 0 bridgehead atoms. The van der Waals surface area contributed by atoms with E-state index in [0.29, 0.717) is 10.9 Å². The van der Waals surface area contributed by atoms with Crippen LogP contribution in [-0.2, 0) is 10.0 Å². The van der Waals surface area contributed by atoms with Crippen molar-refractivity contribution in [2.45, 2.75) is 10.9 Å². The third-order valence-corrected chi connectivity index (χ3v) is 6.81. The molecule has 14 heteroatoms. The molecule has 0 saturated carbocycles. The molecule has 0 aliphatic carbocycles. The molecule has 0 radical (unpaired) electrons. The van der Waals surface area contributed by atoms with E-state index in [9.17, 15) is 23.0 Å². The summed E-state index contributed by atoms with van der Waals surface area (Å²) in [6, 6.07) is 6.68. The fraction of sp³-hybridized carbons (Fsp3) is 0.174. The number of anilines is 2. The van der Waals surface area contributed by atoms with Crippen LogP contribution in [0, 0.1) is 11.6 Å². The summed E-state index contributed by atoms with van der Waals surface area (Å²) >= 11 is 5.87. The van der Waals surface area contributed by atoms with Crippen molar-refractivity contribution in [1.29, 1.82) is 0 Å². The van der Waals surface area contributed by atoms with Crippen molar-refractivity contribution in [2.24, 2.45) is 0 Å². The molecule has 0 aliphatic rings. The van der Waals surface area contributed by atoms with Gasteiger partial charge in [0.2, 0.25) is 11.8 Å². The Hall–Kier alpha value is -3.65. The number of aromatic nitrogens is 3. The van der Waals surface area contributed by atoms with Crippen molar-refractivity contribution in [1.82, 2.24) is 15.0 Å². The van der Waals surface area contributed by atoms with Gasteiger partial charge in [-0.3, -0.25) is 4.72 Å². The minimum Gasteiger partial charge on any atom is -0.480 e. The van der Waals surface area contributed by atoms with Crippen LogP contribution in [0.25, 0.3) is 22.0 Å². The van der Waals surface area contributed by atoms with E-state index < -0.39 is 43.8 Å². The second-order valence-corrected chi connectivity index (χ2v) is 9.81. The zero-order valence-electron chi connectivity index (χ0n) is 19.1. The molecule has 2 aromatic carbocycles. The van der Waals surface area contributed by atoms with Crippen LogP contribution in [0.3, 0.4) is 0 Å². The molecule has 0 fully saturated rings. The van der Waals surface area contributed by atoms with E-state index in [1.807, 2.05) is 0 Å². The second kappa shape index (κ2) is 10.8. The zero-order valence-corrected chi connectivity index (χ0v) is 20.7. The molecule has 0 amide bonds. The lowest BCUT2D eigenvalue weighted by atomic mass is 10.0. The zero-order chi connectivity index (χ0) is 26.7. The number of methoxy groups -OCH3 is 1. The number of fused-ring (bicyclic) bond motifs is 1. The monoisotopic (exact) mass is 551 g/mol. The van der Waals surface area contributed by atoms with Gasteiger partial charge in [0, 0.05) is 17.8 Å². The van der Waals surface area contributed by atoms with Gasteiger partial charge in [-0.05, 0) is 35.9 Å². The number of nitrogens with one attached hydrogen (secondary N) is 2. The largest absolute Gasteiger partial charge is 0.480 e. The Labute approximate surface area is 215 Å². The van der Waals surface area contributed by atoms with Gasteiger partial charge in [0.1, 0.15) is 5.82 Å². The summed E-state index contributed by atoms with van der Waals surface area (Å²) in [5, 5.41) is 21.6. The van der Waals surface area contributed by atoms with E-state index in [-0.39, 0.29) is 35.6 Å². The first kappa shape index (κ1) is 26.4. The van der Waals surface area contributed by atoms with E-state index in [0.717, 1.165) is 18.2 Å². The Morgan fingerprint density at radius 2 is 1.84 bits per heavy atom. The van der Waals surface area contributed by atoms with Crippen molar-refractivity contribution in [2.75, 3.05) is 30.4 Å². The highest BCUT2D eigenvalue weighted by Gasteiger charge is 2.25. The normalized spacial score (nSPS) is 11.6. The minimum atomic E-state index is -4.41. The van der Waals surface area contributed by atoms with Crippen LogP contribution < -0.4 is 14.8 Å². The third kappa shape index (κ3) is 5.54. The number of sulfonamides is 1. The fourth-order valence-electron chi connectivity index (χ4n) is 3.44. The summed E-state index contributed by atoms with van der Waals surface area (Å²) < 4.78 is 63.2. The predicted octanol–water partition coefficient (Wildman–Crippen LogP) is 3.20. The number of nitrogens with zero attached hydrogens (tertiary/aromatic N) is 3. The van der Waals surface area contributed by atoms with Gasteiger partial charge >= 0.3 is 0 Å². The van der Waals surface area contributed by atoms with Crippen molar-refractivity contribution in [3.8, 4) is 17.0 Å². The van der Waals surface area contributed by atoms with Gasteiger partial charge < -0.3 is 20.3 Å². The molecule has 4 rings (SSSR count). The van der Waals surface area contributed by atoms with Gasteiger partial charge in [-0.2, -0.15) is 0 Å². The number of hydrogen-bond acceptors (Lipinski definition) is 9. The molecule has 0 saturated heterocycles. The SMILES string of the molecule is COc1ncc(Cl)cc1S(=O)(=O)Nc1ccc(F)c(-c2ccc3nc(NC(CO)CO)ncc3c2)c1F. The summed E-state index contributed by atoms with van der Waals surface area (Å²) in [5.74, 6) is -2.18. The lowest BCUT2D eigenvalue weighted by Gasteiger charge is -2.15. The highest BCUT2D eigenvalue weighted by molar-refractivity contribution is 7.92. The second-order valence-electron chi connectivity index (χ2n) is 7.72. The van der Waals surface area contributed by atoms with Crippen molar-refractivity contribution in [3.05, 3.63) is 65.4 Å². The Morgan fingerprint density at radius 3 is 2.54 bits per heavy atom. The van der Waals surface area contributed by atoms with Crippen LogP contribution >= 0.6 is 11.6 Å². The maximum atomic E-state index is 15.5. The summed E-state index contributed by atoms with van der Waals surface area (Å²) in [7, 11) is -3.20. The molecule has 2 aromatic heterocycles. The molecular formula is C23H20ClF2N5O5S. The number of aliphatic hydroxyl groups excluding tert-OH is 2. The molecule has 4 aromatic rings. The minimum absolute atomic E-state index is 0.0152. The maximum absolute atomic E-state index is 15.5. The summed E-state index contributed by atoms with van der Waals surface area (Å²) in [6.45, 7) is -0.674. The quantitative estimate of drug-likeness (QED) is 0.246. The first-order valence-electron chi connectivity index (χ1n) is 10.6. The smallest absolute Gasteiger partial charge is 0.267 e.